The highest BCUT2D eigenvalue weighted by Crippen LogP contribution is 2.26. The number of carbonyl (C=O) groups is 1. The molecule has 1 aromatic heterocycles. The van der Waals surface area contributed by atoms with Gasteiger partial charge in [-0.1, -0.05) is 41.9 Å². The van der Waals surface area contributed by atoms with Crippen LogP contribution < -0.4 is 10.6 Å². The molecular formula is C20H21ClN4O. The van der Waals surface area contributed by atoms with E-state index >= 15 is 0 Å². The number of aromatic nitrogens is 2. The first kappa shape index (κ1) is 18.0. The molecular weight excluding hydrogens is 348 g/mol. The molecule has 0 unspecified atom stereocenters. The summed E-state index contributed by atoms with van der Waals surface area (Å²) < 4.78 is 1.82. The van der Waals surface area contributed by atoms with Crippen LogP contribution in [0.5, 0.6) is 0 Å². The van der Waals surface area contributed by atoms with Gasteiger partial charge in [0.2, 0.25) is 5.91 Å². The fraction of sp³-hybridized carbons (Fsp3) is 0.200. The molecule has 134 valence electrons. The van der Waals surface area contributed by atoms with Crippen LogP contribution in [0.2, 0.25) is 5.02 Å². The van der Waals surface area contributed by atoms with Crippen molar-refractivity contribution >= 4 is 28.9 Å². The van der Waals surface area contributed by atoms with Crippen LogP contribution in [0.3, 0.4) is 0 Å². The number of hydrogen-bond acceptors (Lipinski definition) is 3. The van der Waals surface area contributed by atoms with Crippen molar-refractivity contribution in [3.63, 3.8) is 0 Å². The van der Waals surface area contributed by atoms with Gasteiger partial charge < -0.3 is 10.6 Å². The summed E-state index contributed by atoms with van der Waals surface area (Å²) in [7, 11) is 0. The van der Waals surface area contributed by atoms with Crippen LogP contribution in [0, 0.1) is 0 Å². The Hall–Kier alpha value is -2.79. The molecule has 0 atom stereocenters. The molecule has 0 bridgehead atoms. The van der Waals surface area contributed by atoms with Crippen LogP contribution >= 0.6 is 11.6 Å². The lowest BCUT2D eigenvalue weighted by atomic mass is 10.2. The van der Waals surface area contributed by atoms with Crippen molar-refractivity contribution in [2.24, 2.45) is 0 Å². The summed E-state index contributed by atoms with van der Waals surface area (Å²) in [6, 6.07) is 17.5. The molecule has 0 aliphatic heterocycles. The normalized spacial score (nSPS) is 10.5. The van der Waals surface area contributed by atoms with E-state index in [-0.39, 0.29) is 5.91 Å². The zero-order chi connectivity index (χ0) is 18.2. The van der Waals surface area contributed by atoms with Gasteiger partial charge in [-0.3, -0.25) is 9.48 Å². The Labute approximate surface area is 158 Å². The van der Waals surface area contributed by atoms with E-state index in [1.807, 2.05) is 47.3 Å². The van der Waals surface area contributed by atoms with Crippen molar-refractivity contribution in [2.45, 2.75) is 25.9 Å². The third-order valence-electron chi connectivity index (χ3n) is 3.93. The Kier molecular flexibility index (Phi) is 6.28. The maximum Gasteiger partial charge on any atom is 0.224 e. The molecule has 0 spiro atoms. The Bertz CT molecular complexity index is 834. The zero-order valence-corrected chi connectivity index (χ0v) is 15.1. The van der Waals surface area contributed by atoms with Gasteiger partial charge in [-0.15, -0.1) is 0 Å². The lowest BCUT2D eigenvalue weighted by Gasteiger charge is -2.11. The van der Waals surface area contributed by atoms with Crippen molar-refractivity contribution in [2.75, 3.05) is 10.6 Å². The largest absolute Gasteiger partial charge is 0.380 e. The average Bonchev–Trinajstić information content (AvgIpc) is 3.15. The SMILES string of the molecule is O=C(CCCn1cccn1)Nc1ccc(NCc2ccccc2)c(Cl)c1. The number of nitrogens with one attached hydrogen (secondary N) is 2. The van der Waals surface area contributed by atoms with Crippen LogP contribution in [0.25, 0.3) is 0 Å². The van der Waals surface area contributed by atoms with Gasteiger partial charge in [0.15, 0.2) is 0 Å². The molecule has 0 aliphatic rings. The van der Waals surface area contributed by atoms with Gasteiger partial charge in [0, 0.05) is 37.6 Å². The van der Waals surface area contributed by atoms with Gasteiger partial charge >= 0.3 is 0 Å². The van der Waals surface area contributed by atoms with E-state index in [1.165, 1.54) is 5.56 Å². The number of anilines is 2. The summed E-state index contributed by atoms with van der Waals surface area (Å²) in [6.07, 6.45) is 4.79. The molecule has 2 aromatic carbocycles. The van der Waals surface area contributed by atoms with Crippen molar-refractivity contribution < 1.29 is 4.79 Å². The number of carbonyl (C=O) groups excluding carboxylic acids is 1. The summed E-state index contributed by atoms with van der Waals surface area (Å²) >= 11 is 6.33. The molecule has 26 heavy (non-hydrogen) atoms. The summed E-state index contributed by atoms with van der Waals surface area (Å²) in [5.74, 6) is -0.0294. The number of hydrogen-bond donors (Lipinski definition) is 2. The number of nitrogens with zero attached hydrogens (tertiary/aromatic N) is 2. The van der Waals surface area contributed by atoms with Crippen molar-refractivity contribution in [3.8, 4) is 0 Å². The number of aryl methyl sites for hydroxylation is 1. The van der Waals surface area contributed by atoms with Crippen LogP contribution in [-0.4, -0.2) is 15.7 Å². The maximum atomic E-state index is 12.0. The van der Waals surface area contributed by atoms with E-state index in [4.69, 9.17) is 11.6 Å². The first-order valence-corrected chi connectivity index (χ1v) is 8.93. The van der Waals surface area contributed by atoms with Crippen LogP contribution in [0.1, 0.15) is 18.4 Å². The second kappa shape index (κ2) is 9.06. The Morgan fingerprint density at radius 1 is 1.12 bits per heavy atom. The highest BCUT2D eigenvalue weighted by molar-refractivity contribution is 6.33. The predicted octanol–water partition coefficient (Wildman–Crippen LogP) is 4.57. The zero-order valence-electron chi connectivity index (χ0n) is 14.4. The molecule has 3 rings (SSSR count). The summed E-state index contributed by atoms with van der Waals surface area (Å²) in [5, 5.41) is 10.9. The highest BCUT2D eigenvalue weighted by Gasteiger charge is 2.06. The minimum atomic E-state index is -0.0294. The second-order valence-corrected chi connectivity index (χ2v) is 6.36. The van der Waals surface area contributed by atoms with E-state index in [0.29, 0.717) is 23.7 Å². The first-order chi connectivity index (χ1) is 12.7. The van der Waals surface area contributed by atoms with Gasteiger partial charge in [0.25, 0.3) is 0 Å². The van der Waals surface area contributed by atoms with Crippen LogP contribution in [-0.2, 0) is 17.9 Å². The third-order valence-corrected chi connectivity index (χ3v) is 4.24. The molecule has 1 heterocycles. The Morgan fingerprint density at radius 3 is 2.69 bits per heavy atom. The lowest BCUT2D eigenvalue weighted by Crippen LogP contribution is -2.12. The molecule has 0 saturated carbocycles. The minimum Gasteiger partial charge on any atom is -0.380 e. The summed E-state index contributed by atoms with van der Waals surface area (Å²) in [6.45, 7) is 1.42. The molecule has 0 saturated heterocycles. The molecule has 2 N–H and O–H groups in total. The lowest BCUT2D eigenvalue weighted by molar-refractivity contribution is -0.116. The number of rotatable bonds is 8. The van der Waals surface area contributed by atoms with Crippen LogP contribution in [0.4, 0.5) is 11.4 Å². The van der Waals surface area contributed by atoms with E-state index in [9.17, 15) is 4.79 Å². The van der Waals surface area contributed by atoms with Gasteiger partial charge in [-0.05, 0) is 36.2 Å². The van der Waals surface area contributed by atoms with Crippen molar-refractivity contribution in [1.29, 1.82) is 0 Å². The van der Waals surface area contributed by atoms with Crippen molar-refractivity contribution in [1.82, 2.24) is 9.78 Å². The maximum absolute atomic E-state index is 12.0. The molecule has 3 aromatic rings. The third kappa shape index (κ3) is 5.36. The quantitative estimate of drug-likeness (QED) is 0.612. The Morgan fingerprint density at radius 2 is 1.96 bits per heavy atom. The molecule has 0 radical (unpaired) electrons. The van der Waals surface area contributed by atoms with E-state index in [2.05, 4.69) is 27.9 Å². The van der Waals surface area contributed by atoms with Gasteiger partial charge in [-0.25, -0.2) is 0 Å². The van der Waals surface area contributed by atoms with Gasteiger partial charge in [-0.2, -0.15) is 5.10 Å². The van der Waals surface area contributed by atoms with Crippen LogP contribution in [0.15, 0.2) is 67.0 Å². The monoisotopic (exact) mass is 368 g/mol. The Balaban J connectivity index is 1.48. The fourth-order valence-corrected chi connectivity index (χ4v) is 2.83. The minimum absolute atomic E-state index is 0.0294. The molecule has 1 amide bonds. The number of amides is 1. The number of halogens is 1. The number of benzene rings is 2. The molecule has 6 heteroatoms. The average molecular weight is 369 g/mol. The summed E-state index contributed by atoms with van der Waals surface area (Å²) in [5.41, 5.74) is 2.72. The first-order valence-electron chi connectivity index (χ1n) is 8.55. The standard InChI is InChI=1S/C20H21ClN4O/c21-18-14-17(24-20(26)8-4-12-25-13-5-11-23-25)9-10-19(18)22-15-16-6-2-1-3-7-16/h1-3,5-7,9-11,13-14,22H,4,8,12,15H2,(H,24,26). The van der Waals surface area contributed by atoms with E-state index in [1.54, 1.807) is 12.3 Å². The summed E-state index contributed by atoms with van der Waals surface area (Å²) in [4.78, 5) is 12.0. The van der Waals surface area contributed by atoms with Gasteiger partial charge in [0.1, 0.15) is 0 Å². The van der Waals surface area contributed by atoms with Gasteiger partial charge in [0.05, 0.1) is 10.7 Å². The second-order valence-electron chi connectivity index (χ2n) is 5.95. The molecule has 0 fully saturated rings. The fourth-order valence-electron chi connectivity index (χ4n) is 2.59. The predicted molar refractivity (Wildman–Crippen MR) is 105 cm³/mol. The smallest absolute Gasteiger partial charge is 0.224 e. The molecule has 0 aliphatic carbocycles. The topological polar surface area (TPSA) is 59.0 Å². The van der Waals surface area contributed by atoms with Crippen molar-refractivity contribution in [3.05, 3.63) is 77.6 Å². The van der Waals surface area contributed by atoms with E-state index < -0.39 is 0 Å². The van der Waals surface area contributed by atoms with E-state index in [0.717, 1.165) is 18.7 Å². The molecule has 5 nitrogen and oxygen atoms in total. The highest BCUT2D eigenvalue weighted by atomic mass is 35.5.